The second-order valence-corrected chi connectivity index (χ2v) is 8.82. The van der Waals surface area contributed by atoms with E-state index in [1.807, 2.05) is 0 Å². The van der Waals surface area contributed by atoms with E-state index in [1.165, 1.54) is 18.2 Å². The van der Waals surface area contributed by atoms with E-state index in [1.54, 1.807) is 25.1 Å². The van der Waals surface area contributed by atoms with E-state index in [9.17, 15) is 13.5 Å². The Hall–Kier alpha value is -1.86. The van der Waals surface area contributed by atoms with Crippen molar-refractivity contribution < 1.29 is 17.9 Å². The molecule has 0 aliphatic carbocycles. The smallest absolute Gasteiger partial charge is 0.206 e. The van der Waals surface area contributed by atoms with Gasteiger partial charge in [0.05, 0.1) is 20.9 Å². The fourth-order valence-electron chi connectivity index (χ4n) is 3.26. The average molecular weight is 392 g/mol. The van der Waals surface area contributed by atoms with Crippen molar-refractivity contribution in [1.29, 1.82) is 0 Å². The lowest BCUT2D eigenvalue weighted by molar-refractivity contribution is 0.199. The molecule has 1 aliphatic rings. The molecule has 26 heavy (non-hydrogen) atoms. The van der Waals surface area contributed by atoms with E-state index < -0.39 is 15.9 Å². The Balaban J connectivity index is 1.84. The minimum absolute atomic E-state index is 0.133. The number of rotatable bonds is 3. The Morgan fingerprint density at radius 2 is 1.92 bits per heavy atom. The molecule has 0 fully saturated rings. The highest BCUT2D eigenvalue weighted by Gasteiger charge is 2.24. The summed E-state index contributed by atoms with van der Waals surface area (Å²) in [7, 11) is -3.73. The molecule has 136 valence electrons. The van der Waals surface area contributed by atoms with Crippen molar-refractivity contribution in [2.75, 3.05) is 6.54 Å². The fourth-order valence-corrected chi connectivity index (χ4v) is 4.89. The summed E-state index contributed by atoms with van der Waals surface area (Å²) < 4.78 is 31.9. The van der Waals surface area contributed by atoms with Crippen molar-refractivity contribution in [2.24, 2.45) is 0 Å². The van der Waals surface area contributed by atoms with E-state index in [4.69, 9.17) is 16.0 Å². The SMILES string of the molecule is C[C@@H](O)c1ccc(S(=O)(=O)c2cc(Cl)c3oc4c(c3c2)CNCC4)cc1. The number of nitrogens with one attached hydrogen (secondary N) is 1. The van der Waals surface area contributed by atoms with Gasteiger partial charge in [-0.1, -0.05) is 23.7 Å². The third kappa shape index (κ3) is 2.83. The van der Waals surface area contributed by atoms with Crippen LogP contribution in [0.2, 0.25) is 5.02 Å². The number of benzene rings is 2. The fraction of sp³-hybridized carbons (Fsp3) is 0.263. The van der Waals surface area contributed by atoms with E-state index in [-0.39, 0.29) is 14.8 Å². The Kier molecular flexibility index (Phi) is 4.31. The Labute approximate surface area is 156 Å². The van der Waals surface area contributed by atoms with Gasteiger partial charge in [-0.3, -0.25) is 0 Å². The molecule has 0 saturated heterocycles. The Morgan fingerprint density at radius 3 is 2.62 bits per heavy atom. The number of halogens is 1. The number of fused-ring (bicyclic) bond motifs is 3. The monoisotopic (exact) mass is 391 g/mol. The van der Waals surface area contributed by atoms with Crippen LogP contribution in [0.15, 0.2) is 50.6 Å². The van der Waals surface area contributed by atoms with Gasteiger partial charge in [-0.25, -0.2) is 8.42 Å². The number of hydrogen-bond acceptors (Lipinski definition) is 5. The number of furan rings is 1. The summed E-state index contributed by atoms with van der Waals surface area (Å²) in [4.78, 5) is 0.293. The highest BCUT2D eigenvalue weighted by molar-refractivity contribution is 7.91. The van der Waals surface area contributed by atoms with Crippen LogP contribution in [0.5, 0.6) is 0 Å². The molecule has 0 amide bonds. The first kappa shape index (κ1) is 17.5. The molecular formula is C19H18ClNO4S. The van der Waals surface area contributed by atoms with Gasteiger partial charge in [0.1, 0.15) is 5.76 Å². The van der Waals surface area contributed by atoms with Crippen LogP contribution >= 0.6 is 11.6 Å². The van der Waals surface area contributed by atoms with Gasteiger partial charge in [-0.2, -0.15) is 0 Å². The van der Waals surface area contributed by atoms with Crippen LogP contribution in [0, 0.1) is 0 Å². The second-order valence-electron chi connectivity index (χ2n) is 6.46. The Bertz CT molecular complexity index is 1080. The van der Waals surface area contributed by atoms with E-state index in [0.29, 0.717) is 17.7 Å². The molecule has 1 aliphatic heterocycles. The molecule has 1 atom stereocenters. The molecule has 0 unspecified atom stereocenters. The lowest BCUT2D eigenvalue weighted by Gasteiger charge is -2.11. The van der Waals surface area contributed by atoms with Crippen molar-refractivity contribution in [2.45, 2.75) is 35.8 Å². The average Bonchev–Trinajstić information content (AvgIpc) is 3.01. The Morgan fingerprint density at radius 1 is 1.19 bits per heavy atom. The third-order valence-corrected chi connectivity index (χ3v) is 6.75. The summed E-state index contributed by atoms with van der Waals surface area (Å²) in [6.07, 6.45) is 0.103. The summed E-state index contributed by atoms with van der Waals surface area (Å²) >= 11 is 6.33. The molecule has 2 heterocycles. The van der Waals surface area contributed by atoms with Crippen LogP contribution in [-0.2, 0) is 22.8 Å². The number of hydrogen-bond donors (Lipinski definition) is 2. The molecule has 0 spiro atoms. The van der Waals surface area contributed by atoms with Crippen LogP contribution in [-0.4, -0.2) is 20.1 Å². The molecule has 0 radical (unpaired) electrons. The van der Waals surface area contributed by atoms with Gasteiger partial charge < -0.3 is 14.8 Å². The molecule has 1 aromatic heterocycles. The zero-order chi connectivity index (χ0) is 18.5. The zero-order valence-electron chi connectivity index (χ0n) is 14.1. The van der Waals surface area contributed by atoms with Crippen LogP contribution in [0.1, 0.15) is 29.9 Å². The first-order chi connectivity index (χ1) is 12.4. The lowest BCUT2D eigenvalue weighted by atomic mass is 10.1. The van der Waals surface area contributed by atoms with Gasteiger partial charge in [0.15, 0.2) is 5.58 Å². The highest BCUT2D eigenvalue weighted by Crippen LogP contribution is 2.36. The lowest BCUT2D eigenvalue weighted by Crippen LogP contribution is -2.22. The van der Waals surface area contributed by atoms with Crippen LogP contribution in [0.25, 0.3) is 11.0 Å². The van der Waals surface area contributed by atoms with Crippen LogP contribution in [0.3, 0.4) is 0 Å². The first-order valence-corrected chi connectivity index (χ1v) is 10.2. The molecule has 0 saturated carbocycles. The summed E-state index contributed by atoms with van der Waals surface area (Å²) in [6.45, 7) is 3.09. The number of aliphatic hydroxyl groups excluding tert-OH is 1. The summed E-state index contributed by atoms with van der Waals surface area (Å²) in [5, 5.41) is 13.9. The van der Waals surface area contributed by atoms with E-state index >= 15 is 0 Å². The summed E-state index contributed by atoms with van der Waals surface area (Å²) in [6, 6.07) is 9.30. The topological polar surface area (TPSA) is 79.5 Å². The molecular weight excluding hydrogens is 374 g/mol. The van der Waals surface area contributed by atoms with E-state index in [0.717, 1.165) is 29.7 Å². The molecule has 4 rings (SSSR count). The van der Waals surface area contributed by atoms with Gasteiger partial charge in [0, 0.05) is 30.5 Å². The largest absolute Gasteiger partial charge is 0.459 e. The van der Waals surface area contributed by atoms with Crippen LogP contribution < -0.4 is 5.32 Å². The van der Waals surface area contributed by atoms with Gasteiger partial charge in [-0.15, -0.1) is 0 Å². The molecule has 2 aromatic carbocycles. The van der Waals surface area contributed by atoms with Crippen molar-refractivity contribution >= 4 is 32.4 Å². The number of sulfone groups is 1. The minimum Gasteiger partial charge on any atom is -0.459 e. The minimum atomic E-state index is -3.73. The molecule has 3 aromatic rings. The maximum Gasteiger partial charge on any atom is 0.206 e. The van der Waals surface area contributed by atoms with Crippen molar-refractivity contribution in [3.05, 3.63) is 58.3 Å². The van der Waals surface area contributed by atoms with Crippen LogP contribution in [0.4, 0.5) is 0 Å². The van der Waals surface area contributed by atoms with Crippen molar-refractivity contribution in [1.82, 2.24) is 5.32 Å². The highest BCUT2D eigenvalue weighted by atomic mass is 35.5. The quantitative estimate of drug-likeness (QED) is 0.712. The van der Waals surface area contributed by atoms with Gasteiger partial charge in [0.2, 0.25) is 9.84 Å². The summed E-state index contributed by atoms with van der Waals surface area (Å²) in [5.74, 6) is 0.858. The molecule has 7 heteroatoms. The van der Waals surface area contributed by atoms with Gasteiger partial charge in [-0.05, 0) is 36.8 Å². The van der Waals surface area contributed by atoms with E-state index in [2.05, 4.69) is 5.32 Å². The third-order valence-electron chi connectivity index (χ3n) is 4.72. The molecule has 2 N–H and O–H groups in total. The van der Waals surface area contributed by atoms with Crippen molar-refractivity contribution in [3.63, 3.8) is 0 Å². The maximum absolute atomic E-state index is 13.0. The van der Waals surface area contributed by atoms with Gasteiger partial charge >= 0.3 is 0 Å². The standard InChI is InChI=1S/C19H18ClNO4S/c1-11(22)12-2-4-13(5-3-12)26(23,24)14-8-15-16-10-21-7-6-18(16)25-19(15)17(20)9-14/h2-5,8-9,11,21-22H,6-7,10H2,1H3/t11-/m1/s1. The normalized spacial score (nSPS) is 15.8. The first-order valence-electron chi connectivity index (χ1n) is 8.35. The second kappa shape index (κ2) is 6.39. The molecule has 0 bridgehead atoms. The zero-order valence-corrected chi connectivity index (χ0v) is 15.7. The van der Waals surface area contributed by atoms with Gasteiger partial charge in [0.25, 0.3) is 0 Å². The number of aliphatic hydroxyl groups is 1. The molecule has 5 nitrogen and oxygen atoms in total. The maximum atomic E-state index is 13.0. The summed E-state index contributed by atoms with van der Waals surface area (Å²) in [5.41, 5.74) is 2.16. The predicted molar refractivity (Wildman–Crippen MR) is 99.2 cm³/mol. The predicted octanol–water partition coefficient (Wildman–Crippen LogP) is 3.62. The van der Waals surface area contributed by atoms with Crippen molar-refractivity contribution in [3.8, 4) is 0 Å².